The zero-order valence-electron chi connectivity index (χ0n) is 12.8. The predicted octanol–water partition coefficient (Wildman–Crippen LogP) is 4.30. The van der Waals surface area contributed by atoms with Crippen molar-refractivity contribution in [3.05, 3.63) is 69.7 Å². The van der Waals surface area contributed by atoms with Gasteiger partial charge in [0.1, 0.15) is 6.61 Å². The highest BCUT2D eigenvalue weighted by Gasteiger charge is 2.10. The van der Waals surface area contributed by atoms with Crippen molar-refractivity contribution >= 4 is 21.9 Å². The summed E-state index contributed by atoms with van der Waals surface area (Å²) in [6.45, 7) is 5.18. The number of ether oxygens (including phenoxy) is 1. The molecule has 0 radical (unpaired) electrons. The van der Waals surface area contributed by atoms with Crippen LogP contribution >= 0.6 is 15.9 Å². The molecule has 0 unspecified atom stereocenters. The van der Waals surface area contributed by atoms with Crippen LogP contribution in [0.25, 0.3) is 0 Å². The zero-order valence-corrected chi connectivity index (χ0v) is 14.4. The molecule has 0 saturated carbocycles. The molecule has 0 aliphatic rings. The van der Waals surface area contributed by atoms with Crippen LogP contribution < -0.4 is 5.32 Å². The molecule has 3 nitrogen and oxygen atoms in total. The van der Waals surface area contributed by atoms with Gasteiger partial charge in [-0.1, -0.05) is 60.1 Å². The Morgan fingerprint density at radius 2 is 1.86 bits per heavy atom. The number of hydrogen-bond donors (Lipinski definition) is 1. The van der Waals surface area contributed by atoms with Gasteiger partial charge in [0.25, 0.3) is 0 Å². The number of halogens is 1. The molecule has 0 bridgehead atoms. The lowest BCUT2D eigenvalue weighted by Crippen LogP contribution is -2.22. The maximum absolute atomic E-state index is 12.2. The molecule has 0 amide bonds. The smallest absolute Gasteiger partial charge is 0.338 e. The Kier molecular flexibility index (Phi) is 6.16. The van der Waals surface area contributed by atoms with E-state index in [0.29, 0.717) is 11.6 Å². The standard InChI is InChI=1S/C18H20BrNO2/c1-13(2)20-11-15-8-16(10-17(19)9-15)18(21)22-12-14-6-4-3-5-7-14/h3-10,13,20H,11-12H2,1-2H3. The molecular formula is C18H20BrNO2. The Bertz CT molecular complexity index is 626. The molecule has 0 heterocycles. The number of esters is 1. The first-order chi connectivity index (χ1) is 10.5. The van der Waals surface area contributed by atoms with Crippen molar-refractivity contribution in [1.29, 1.82) is 0 Å². The lowest BCUT2D eigenvalue weighted by Gasteiger charge is -2.10. The molecule has 1 N–H and O–H groups in total. The molecule has 2 aromatic rings. The van der Waals surface area contributed by atoms with Crippen LogP contribution in [-0.4, -0.2) is 12.0 Å². The minimum Gasteiger partial charge on any atom is -0.457 e. The molecule has 116 valence electrons. The fourth-order valence-electron chi connectivity index (χ4n) is 2.00. The van der Waals surface area contributed by atoms with Crippen LogP contribution in [0.3, 0.4) is 0 Å². The van der Waals surface area contributed by atoms with Crippen molar-refractivity contribution in [2.45, 2.75) is 33.0 Å². The van der Waals surface area contributed by atoms with Gasteiger partial charge in [-0.05, 0) is 29.3 Å². The average molecular weight is 362 g/mol. The number of nitrogens with one attached hydrogen (secondary N) is 1. The van der Waals surface area contributed by atoms with E-state index in [4.69, 9.17) is 4.74 Å². The molecule has 0 aromatic heterocycles. The van der Waals surface area contributed by atoms with Crippen LogP contribution in [0.2, 0.25) is 0 Å². The number of carbonyl (C=O) groups excluding carboxylic acids is 1. The van der Waals surface area contributed by atoms with E-state index in [1.165, 1.54) is 0 Å². The van der Waals surface area contributed by atoms with Crippen LogP contribution in [-0.2, 0) is 17.9 Å². The number of benzene rings is 2. The second kappa shape index (κ2) is 8.11. The van der Waals surface area contributed by atoms with Crippen molar-refractivity contribution in [3.63, 3.8) is 0 Å². The lowest BCUT2D eigenvalue weighted by atomic mass is 10.1. The van der Waals surface area contributed by atoms with Crippen LogP contribution in [0.4, 0.5) is 0 Å². The highest BCUT2D eigenvalue weighted by molar-refractivity contribution is 9.10. The quantitative estimate of drug-likeness (QED) is 0.779. The monoisotopic (exact) mass is 361 g/mol. The second-order valence-corrected chi connectivity index (χ2v) is 6.36. The second-order valence-electron chi connectivity index (χ2n) is 5.45. The SMILES string of the molecule is CC(C)NCc1cc(Br)cc(C(=O)OCc2ccccc2)c1. The highest BCUT2D eigenvalue weighted by atomic mass is 79.9. The Hall–Kier alpha value is -1.65. The van der Waals surface area contributed by atoms with E-state index in [9.17, 15) is 4.79 Å². The van der Waals surface area contributed by atoms with Crippen molar-refractivity contribution in [3.8, 4) is 0 Å². The summed E-state index contributed by atoms with van der Waals surface area (Å²) in [6, 6.07) is 15.7. The van der Waals surface area contributed by atoms with Gasteiger partial charge in [-0.3, -0.25) is 0 Å². The van der Waals surface area contributed by atoms with Crippen LogP contribution in [0.5, 0.6) is 0 Å². The van der Waals surface area contributed by atoms with Gasteiger partial charge in [-0.15, -0.1) is 0 Å². The van der Waals surface area contributed by atoms with E-state index in [2.05, 4.69) is 35.1 Å². The molecule has 0 spiro atoms. The van der Waals surface area contributed by atoms with Gasteiger partial charge in [0.15, 0.2) is 0 Å². The average Bonchev–Trinajstić information content (AvgIpc) is 2.51. The van der Waals surface area contributed by atoms with Gasteiger partial charge in [-0.25, -0.2) is 4.79 Å². The third-order valence-corrected chi connectivity index (χ3v) is 3.58. The largest absolute Gasteiger partial charge is 0.457 e. The van der Waals surface area contributed by atoms with E-state index in [1.54, 1.807) is 6.07 Å². The summed E-state index contributed by atoms with van der Waals surface area (Å²) in [5.41, 5.74) is 2.59. The summed E-state index contributed by atoms with van der Waals surface area (Å²) in [5, 5.41) is 3.34. The summed E-state index contributed by atoms with van der Waals surface area (Å²) >= 11 is 3.45. The molecule has 2 rings (SSSR count). The Morgan fingerprint density at radius 1 is 1.14 bits per heavy atom. The number of rotatable bonds is 6. The fourth-order valence-corrected chi connectivity index (χ4v) is 2.54. The van der Waals surface area contributed by atoms with Gasteiger partial charge in [0.2, 0.25) is 0 Å². The minimum atomic E-state index is -0.309. The van der Waals surface area contributed by atoms with E-state index in [0.717, 1.165) is 22.1 Å². The summed E-state index contributed by atoms with van der Waals surface area (Å²) < 4.78 is 6.25. The summed E-state index contributed by atoms with van der Waals surface area (Å²) in [5.74, 6) is -0.309. The van der Waals surface area contributed by atoms with Gasteiger partial charge in [0.05, 0.1) is 5.56 Å². The van der Waals surface area contributed by atoms with Gasteiger partial charge in [0, 0.05) is 17.1 Å². The topological polar surface area (TPSA) is 38.3 Å². The summed E-state index contributed by atoms with van der Waals surface area (Å²) in [4.78, 5) is 12.2. The summed E-state index contributed by atoms with van der Waals surface area (Å²) in [7, 11) is 0. The van der Waals surface area contributed by atoms with Crippen LogP contribution in [0.1, 0.15) is 35.3 Å². The first-order valence-corrected chi connectivity index (χ1v) is 8.08. The predicted molar refractivity (Wildman–Crippen MR) is 91.7 cm³/mol. The van der Waals surface area contributed by atoms with E-state index < -0.39 is 0 Å². The van der Waals surface area contributed by atoms with Crippen molar-refractivity contribution in [2.75, 3.05) is 0 Å². The molecule has 0 aliphatic carbocycles. The van der Waals surface area contributed by atoms with Crippen LogP contribution in [0.15, 0.2) is 53.0 Å². The lowest BCUT2D eigenvalue weighted by molar-refractivity contribution is 0.0472. The van der Waals surface area contributed by atoms with E-state index in [-0.39, 0.29) is 12.6 Å². The minimum absolute atomic E-state index is 0.283. The molecule has 4 heteroatoms. The molecule has 22 heavy (non-hydrogen) atoms. The summed E-state index contributed by atoms with van der Waals surface area (Å²) in [6.07, 6.45) is 0. The maximum atomic E-state index is 12.2. The zero-order chi connectivity index (χ0) is 15.9. The van der Waals surface area contributed by atoms with E-state index in [1.807, 2.05) is 42.5 Å². The molecule has 0 saturated heterocycles. The van der Waals surface area contributed by atoms with Crippen LogP contribution in [0, 0.1) is 0 Å². The normalized spacial score (nSPS) is 10.7. The number of hydrogen-bond acceptors (Lipinski definition) is 3. The van der Waals surface area contributed by atoms with Gasteiger partial charge < -0.3 is 10.1 Å². The highest BCUT2D eigenvalue weighted by Crippen LogP contribution is 2.17. The van der Waals surface area contributed by atoms with Crippen molar-refractivity contribution in [2.24, 2.45) is 0 Å². The third-order valence-electron chi connectivity index (χ3n) is 3.12. The van der Waals surface area contributed by atoms with E-state index >= 15 is 0 Å². The number of carbonyl (C=O) groups is 1. The Morgan fingerprint density at radius 3 is 2.55 bits per heavy atom. The van der Waals surface area contributed by atoms with Crippen molar-refractivity contribution in [1.82, 2.24) is 5.32 Å². The maximum Gasteiger partial charge on any atom is 0.338 e. The molecule has 0 atom stereocenters. The van der Waals surface area contributed by atoms with Gasteiger partial charge in [-0.2, -0.15) is 0 Å². The fraction of sp³-hybridized carbons (Fsp3) is 0.278. The Labute approximate surface area is 139 Å². The molecule has 0 fully saturated rings. The molecule has 0 aliphatic heterocycles. The first-order valence-electron chi connectivity index (χ1n) is 7.28. The first kappa shape index (κ1) is 16.7. The third kappa shape index (κ3) is 5.28. The van der Waals surface area contributed by atoms with Gasteiger partial charge >= 0.3 is 5.97 Å². The Balaban J connectivity index is 2.02. The molecular weight excluding hydrogens is 342 g/mol. The van der Waals surface area contributed by atoms with Crippen molar-refractivity contribution < 1.29 is 9.53 Å². The molecule has 2 aromatic carbocycles.